The summed E-state index contributed by atoms with van der Waals surface area (Å²) in [5.74, 6) is 0.998. The van der Waals surface area contributed by atoms with Gasteiger partial charge < -0.3 is 10.1 Å². The number of rotatable bonds is 3. The zero-order chi connectivity index (χ0) is 21.9. The Bertz CT molecular complexity index is 842. The molecule has 0 bridgehead atoms. The number of hydrogen-bond donors (Lipinski definition) is 1. The summed E-state index contributed by atoms with van der Waals surface area (Å²) in [7, 11) is 0. The molecule has 0 saturated heterocycles. The molecule has 3 fully saturated rings. The maximum Gasteiger partial charge on any atom is 0.407 e. The van der Waals surface area contributed by atoms with Crippen LogP contribution in [0.15, 0.2) is 23.8 Å². The molecular weight excluding hydrogens is 378 g/mol. The third kappa shape index (κ3) is 2.91. The number of nitrogens with one attached hydrogen (secondary N) is 1. The molecule has 0 unspecified atom stereocenters. The van der Waals surface area contributed by atoms with Gasteiger partial charge in [0.05, 0.1) is 0 Å². The Balaban J connectivity index is 1.66. The summed E-state index contributed by atoms with van der Waals surface area (Å²) >= 11 is 0. The van der Waals surface area contributed by atoms with Gasteiger partial charge in [-0.25, -0.2) is 4.79 Å². The van der Waals surface area contributed by atoms with Crippen molar-refractivity contribution in [1.82, 2.24) is 5.32 Å². The van der Waals surface area contributed by atoms with Crippen molar-refractivity contribution >= 4 is 17.7 Å². The molecule has 4 aliphatic rings. The number of hydrogen-bond acceptors (Lipinski definition) is 4. The topological polar surface area (TPSA) is 72.5 Å². The lowest BCUT2D eigenvalue weighted by molar-refractivity contribution is -0.139. The molecule has 0 spiro atoms. The molecule has 0 aromatic carbocycles. The van der Waals surface area contributed by atoms with Gasteiger partial charge in [0.1, 0.15) is 5.60 Å². The van der Waals surface area contributed by atoms with Crippen LogP contribution in [0.1, 0.15) is 73.1 Å². The summed E-state index contributed by atoms with van der Waals surface area (Å²) in [5, 5.41) is 2.89. The average Bonchev–Trinajstić information content (AvgIpc) is 2.95. The van der Waals surface area contributed by atoms with Crippen LogP contribution in [-0.4, -0.2) is 29.3 Å². The zero-order valence-electron chi connectivity index (χ0n) is 18.9. The van der Waals surface area contributed by atoms with Crippen molar-refractivity contribution in [2.45, 2.75) is 84.8 Å². The van der Waals surface area contributed by atoms with Gasteiger partial charge in [-0.3, -0.25) is 9.59 Å². The van der Waals surface area contributed by atoms with Crippen molar-refractivity contribution in [3.05, 3.63) is 23.8 Å². The lowest BCUT2D eigenvalue weighted by atomic mass is 9.47. The first-order valence-electron chi connectivity index (χ1n) is 11.5. The van der Waals surface area contributed by atoms with Gasteiger partial charge in [-0.05, 0) is 75.9 Å². The molecule has 164 valence electrons. The van der Waals surface area contributed by atoms with E-state index in [0.717, 1.165) is 32.1 Å². The molecule has 1 N–H and O–H groups in total. The van der Waals surface area contributed by atoms with Crippen LogP contribution in [0.4, 0.5) is 4.79 Å². The number of ether oxygens (including phenoxy) is 1. The molecule has 0 aromatic heterocycles. The van der Waals surface area contributed by atoms with Crippen LogP contribution in [0.25, 0.3) is 0 Å². The van der Waals surface area contributed by atoms with E-state index >= 15 is 0 Å². The molecule has 5 heteroatoms. The summed E-state index contributed by atoms with van der Waals surface area (Å²) in [5.41, 5.74) is -0.279. The van der Waals surface area contributed by atoms with Gasteiger partial charge in [0.2, 0.25) is 0 Å². The Hall–Kier alpha value is -1.91. The van der Waals surface area contributed by atoms with E-state index in [-0.39, 0.29) is 40.4 Å². The van der Waals surface area contributed by atoms with Gasteiger partial charge >= 0.3 is 6.09 Å². The lowest BCUT2D eigenvalue weighted by Crippen LogP contribution is -2.57. The minimum absolute atomic E-state index is 0.0362. The van der Waals surface area contributed by atoms with E-state index in [0.29, 0.717) is 23.8 Å². The largest absolute Gasteiger partial charge is 0.442 e. The van der Waals surface area contributed by atoms with Gasteiger partial charge in [-0.1, -0.05) is 26.8 Å². The van der Waals surface area contributed by atoms with Crippen LogP contribution < -0.4 is 5.32 Å². The molecule has 0 heterocycles. The molecular formula is C25H35NO4. The van der Waals surface area contributed by atoms with E-state index in [1.165, 1.54) is 0 Å². The summed E-state index contributed by atoms with van der Waals surface area (Å²) < 4.78 is 6.18. The minimum Gasteiger partial charge on any atom is -0.442 e. The van der Waals surface area contributed by atoms with E-state index in [1.54, 1.807) is 12.2 Å². The number of ketones is 2. The highest BCUT2D eigenvalue weighted by Gasteiger charge is 2.66. The number of alkyl carbamates (subject to hydrolysis) is 1. The predicted molar refractivity (Wildman–Crippen MR) is 115 cm³/mol. The Morgan fingerprint density at radius 2 is 1.90 bits per heavy atom. The minimum atomic E-state index is -0.486. The fourth-order valence-corrected chi connectivity index (χ4v) is 7.39. The SMILES string of the molecule is CC[C@@]1(OC(=O)NC(C)C)CC[C@H]2[C@@H]3CC(=O)C4=CC(=O)C=C[C@]4(C)[C@H]3CC[C@@]21C. The van der Waals surface area contributed by atoms with Crippen LogP contribution in [0.5, 0.6) is 0 Å². The van der Waals surface area contributed by atoms with E-state index in [9.17, 15) is 14.4 Å². The Labute approximate surface area is 179 Å². The first-order chi connectivity index (χ1) is 14.1. The Morgan fingerprint density at radius 1 is 1.20 bits per heavy atom. The van der Waals surface area contributed by atoms with Crippen molar-refractivity contribution in [2.24, 2.45) is 28.6 Å². The number of amides is 1. The van der Waals surface area contributed by atoms with Crippen molar-refractivity contribution in [3.8, 4) is 0 Å². The number of Topliss-reactive ketones (excluding diaryl/α,β-unsaturated/α-hetero) is 1. The van der Waals surface area contributed by atoms with Crippen molar-refractivity contribution in [1.29, 1.82) is 0 Å². The third-order valence-corrected chi connectivity index (χ3v) is 8.94. The van der Waals surface area contributed by atoms with Crippen LogP contribution in [0.2, 0.25) is 0 Å². The second kappa shape index (κ2) is 7.06. The molecule has 0 radical (unpaired) electrons. The van der Waals surface area contributed by atoms with Crippen LogP contribution in [0, 0.1) is 28.6 Å². The summed E-state index contributed by atoms with van der Waals surface area (Å²) in [6.07, 6.45) is 9.92. The smallest absolute Gasteiger partial charge is 0.407 e. The summed E-state index contributed by atoms with van der Waals surface area (Å²) in [4.78, 5) is 37.6. The molecule has 0 aliphatic heterocycles. The molecule has 4 rings (SSSR count). The molecule has 3 saturated carbocycles. The van der Waals surface area contributed by atoms with Crippen LogP contribution >= 0.6 is 0 Å². The second-order valence-electron chi connectivity index (χ2n) is 10.6. The van der Waals surface area contributed by atoms with Crippen LogP contribution in [-0.2, 0) is 14.3 Å². The molecule has 1 amide bonds. The molecule has 5 nitrogen and oxygen atoms in total. The average molecular weight is 414 g/mol. The summed E-state index contributed by atoms with van der Waals surface area (Å²) in [6, 6.07) is 0.0362. The summed E-state index contributed by atoms with van der Waals surface area (Å²) in [6.45, 7) is 10.4. The van der Waals surface area contributed by atoms with E-state index in [2.05, 4.69) is 26.1 Å². The molecule has 0 aromatic rings. The monoisotopic (exact) mass is 413 g/mol. The first-order valence-corrected chi connectivity index (χ1v) is 11.5. The highest BCUT2D eigenvalue weighted by Crippen LogP contribution is 2.67. The molecule has 30 heavy (non-hydrogen) atoms. The normalized spacial score (nSPS) is 42.3. The number of fused-ring (bicyclic) bond motifs is 5. The number of carbonyl (C=O) groups excluding carboxylic acids is 3. The van der Waals surface area contributed by atoms with E-state index < -0.39 is 5.60 Å². The zero-order valence-corrected chi connectivity index (χ0v) is 18.9. The fraction of sp³-hybridized carbons (Fsp3) is 0.720. The maximum atomic E-state index is 13.1. The van der Waals surface area contributed by atoms with Crippen LogP contribution in [0.3, 0.4) is 0 Å². The van der Waals surface area contributed by atoms with Gasteiger partial charge in [-0.2, -0.15) is 0 Å². The number of allylic oxidation sites excluding steroid dienone is 4. The van der Waals surface area contributed by atoms with Gasteiger partial charge in [-0.15, -0.1) is 0 Å². The van der Waals surface area contributed by atoms with Crippen molar-refractivity contribution in [2.75, 3.05) is 0 Å². The van der Waals surface area contributed by atoms with Crippen molar-refractivity contribution in [3.63, 3.8) is 0 Å². The standard InChI is InChI=1S/C25H35NO4/c1-6-25(30-22(29)26-15(2)3)12-9-19-17-14-21(28)20-13-16(27)7-10-23(20,4)18(17)8-11-24(19,25)5/h7,10,13,15,17-19H,6,8-9,11-12,14H2,1-5H3,(H,26,29)/t17-,18+,19+,23-,24+,25-/m1/s1. The predicted octanol–water partition coefficient (Wildman–Crippen LogP) is 4.76. The highest BCUT2D eigenvalue weighted by molar-refractivity contribution is 6.10. The van der Waals surface area contributed by atoms with Gasteiger partial charge in [0.25, 0.3) is 0 Å². The second-order valence-corrected chi connectivity index (χ2v) is 10.6. The van der Waals surface area contributed by atoms with E-state index in [4.69, 9.17) is 4.74 Å². The third-order valence-electron chi connectivity index (χ3n) is 8.94. The Kier molecular flexibility index (Phi) is 5.02. The molecule has 4 aliphatic carbocycles. The van der Waals surface area contributed by atoms with Gasteiger partial charge in [0.15, 0.2) is 11.6 Å². The highest BCUT2D eigenvalue weighted by atomic mass is 16.6. The maximum absolute atomic E-state index is 13.1. The van der Waals surface area contributed by atoms with E-state index in [1.807, 2.05) is 19.9 Å². The molecule has 6 atom stereocenters. The quantitative estimate of drug-likeness (QED) is 0.724. The Morgan fingerprint density at radius 3 is 2.57 bits per heavy atom. The number of carbonyl (C=O) groups is 3. The fourth-order valence-electron chi connectivity index (χ4n) is 7.39. The lowest BCUT2D eigenvalue weighted by Gasteiger charge is -2.58. The van der Waals surface area contributed by atoms with Crippen molar-refractivity contribution < 1.29 is 19.1 Å². The first kappa shape index (κ1) is 21.3. The van der Waals surface area contributed by atoms with Gasteiger partial charge in [0, 0.05) is 28.9 Å².